The van der Waals surface area contributed by atoms with E-state index in [4.69, 9.17) is 6.85 Å². The Bertz CT molecular complexity index is 2040. The summed E-state index contributed by atoms with van der Waals surface area (Å²) in [4.78, 5) is 0. The highest BCUT2D eigenvalue weighted by atomic mass is 15.0. The van der Waals surface area contributed by atoms with E-state index >= 15 is 0 Å². The molecule has 0 saturated heterocycles. The van der Waals surface area contributed by atoms with E-state index in [0.717, 1.165) is 38.6 Å². The van der Waals surface area contributed by atoms with E-state index in [9.17, 15) is 0 Å². The van der Waals surface area contributed by atoms with Gasteiger partial charge in [0.2, 0.25) is 0 Å². The molecule has 1 heterocycles. The first-order chi connectivity index (χ1) is 20.7. The highest BCUT2D eigenvalue weighted by Gasteiger charge is 2.26. The lowest BCUT2D eigenvalue weighted by molar-refractivity contribution is 0.588. The van der Waals surface area contributed by atoms with E-state index < -0.39 is 6.04 Å². The molecule has 0 spiro atoms. The van der Waals surface area contributed by atoms with E-state index in [1.807, 2.05) is 24.3 Å². The third-order valence-electron chi connectivity index (χ3n) is 7.56. The molecule has 0 N–H and O–H groups in total. The van der Waals surface area contributed by atoms with E-state index in [2.05, 4.69) is 107 Å². The van der Waals surface area contributed by atoms with Crippen LogP contribution in [-0.4, -0.2) is 4.57 Å². The van der Waals surface area contributed by atoms with Crippen LogP contribution in [0.3, 0.4) is 0 Å². The molecule has 0 amide bonds. The van der Waals surface area contributed by atoms with Crippen LogP contribution in [0.25, 0.3) is 49.7 Å². The molecule has 0 aliphatic heterocycles. The summed E-state index contributed by atoms with van der Waals surface area (Å²) in [5, 5.41) is 2.00. The van der Waals surface area contributed by atoms with E-state index in [0.29, 0.717) is 5.56 Å². The quantitative estimate of drug-likeness (QED) is 0.222. The summed E-state index contributed by atoms with van der Waals surface area (Å²) in [5.74, 6) is 0. The van der Waals surface area contributed by atoms with Gasteiger partial charge in [-0.05, 0) is 50.8 Å². The second-order valence-electron chi connectivity index (χ2n) is 12.3. The zero-order valence-corrected chi connectivity index (χ0v) is 23.5. The zero-order valence-electron chi connectivity index (χ0n) is 28.5. The van der Waals surface area contributed by atoms with E-state index in [1.54, 1.807) is 0 Å². The molecule has 6 aromatic rings. The molecule has 0 fully saturated rings. The number of hydrogen-bond acceptors (Lipinski definition) is 0. The Morgan fingerprint density at radius 1 is 0.564 bits per heavy atom. The molecule has 1 heteroatoms. The molecule has 194 valence electrons. The molecule has 0 aliphatic carbocycles. The molecular weight excluding hydrogens is 470 g/mol. The van der Waals surface area contributed by atoms with Crippen LogP contribution in [0.2, 0.25) is 0 Å². The topological polar surface area (TPSA) is 4.93 Å². The van der Waals surface area contributed by atoms with E-state index in [1.165, 1.54) is 11.1 Å². The summed E-state index contributed by atoms with van der Waals surface area (Å²) in [5.41, 5.74) is 8.15. The Labute approximate surface area is 239 Å². The fourth-order valence-corrected chi connectivity index (χ4v) is 5.76. The molecule has 0 saturated carbocycles. The Morgan fingerprint density at radius 2 is 1.21 bits per heavy atom. The van der Waals surface area contributed by atoms with Crippen LogP contribution in [0.4, 0.5) is 0 Å². The number of fused-ring (bicyclic) bond motifs is 3. The average Bonchev–Trinajstić information content (AvgIpc) is 3.33. The standard InChI is InChI=1S/C38H37N/c1-37(2,3)28-24-22-27(23-25-28)29-17-13-21-34(35(29)38(4,5)6)39-33-20-11-10-16-31(33)32-19-12-18-30(36(32)39)26-14-8-7-9-15-26/h7-25H,1-6H3/i7D,8D,9D,14D,15D. The lowest BCUT2D eigenvalue weighted by atomic mass is 9.79. The van der Waals surface area contributed by atoms with Crippen molar-refractivity contribution in [1.82, 2.24) is 4.57 Å². The monoisotopic (exact) mass is 512 g/mol. The summed E-state index contributed by atoms with van der Waals surface area (Å²) in [6, 6.07) is 27.8. The second-order valence-corrected chi connectivity index (χ2v) is 12.3. The minimum Gasteiger partial charge on any atom is -0.308 e. The first kappa shape index (κ1) is 19.9. The fourth-order valence-electron chi connectivity index (χ4n) is 5.76. The van der Waals surface area contributed by atoms with Crippen molar-refractivity contribution in [3.63, 3.8) is 0 Å². The lowest BCUT2D eigenvalue weighted by Gasteiger charge is -2.28. The molecule has 0 unspecified atom stereocenters. The van der Waals surface area contributed by atoms with Crippen LogP contribution in [-0.2, 0) is 10.8 Å². The van der Waals surface area contributed by atoms with Crippen LogP contribution in [0.15, 0.2) is 115 Å². The van der Waals surface area contributed by atoms with Gasteiger partial charge in [-0.15, -0.1) is 0 Å². The summed E-state index contributed by atoms with van der Waals surface area (Å²) in [6.07, 6.45) is 0. The second kappa shape index (κ2) is 9.27. The predicted octanol–water partition coefficient (Wildman–Crippen LogP) is 10.7. The van der Waals surface area contributed by atoms with Crippen LogP contribution in [0.1, 0.15) is 59.5 Å². The fraction of sp³-hybridized carbons (Fsp3) is 0.211. The van der Waals surface area contributed by atoms with Gasteiger partial charge in [0.1, 0.15) is 0 Å². The first-order valence-electron chi connectivity index (χ1n) is 16.1. The normalized spacial score (nSPS) is 14.2. The average molecular weight is 513 g/mol. The Kier molecular flexibility index (Phi) is 4.73. The largest absolute Gasteiger partial charge is 0.308 e. The van der Waals surface area contributed by atoms with Gasteiger partial charge < -0.3 is 4.57 Å². The predicted molar refractivity (Wildman–Crippen MR) is 169 cm³/mol. The van der Waals surface area contributed by atoms with Gasteiger partial charge in [-0.3, -0.25) is 0 Å². The minimum absolute atomic E-state index is 0.0516. The summed E-state index contributed by atoms with van der Waals surface area (Å²) >= 11 is 0. The molecular formula is C38H37N. The van der Waals surface area contributed by atoms with Crippen LogP contribution in [0, 0.1) is 0 Å². The molecule has 39 heavy (non-hydrogen) atoms. The number of rotatable bonds is 3. The molecule has 1 nitrogen and oxygen atoms in total. The van der Waals surface area contributed by atoms with Crippen LogP contribution >= 0.6 is 0 Å². The van der Waals surface area contributed by atoms with Gasteiger partial charge in [-0.25, -0.2) is 0 Å². The Morgan fingerprint density at radius 3 is 1.90 bits per heavy atom. The van der Waals surface area contributed by atoms with Gasteiger partial charge in [-0.1, -0.05) is 145 Å². The molecule has 6 rings (SSSR count). The molecule has 1 aromatic heterocycles. The first-order valence-corrected chi connectivity index (χ1v) is 13.6. The SMILES string of the molecule is [2H]c1c([2H])c([2H])c(-c2cccc3c4ccccc4n(-c4cccc(-c5ccc(C(C)(C)C)cc5)c4C(C)(C)C)c23)c([2H])c1[2H]. The molecule has 0 bridgehead atoms. The van der Waals surface area contributed by atoms with Crippen molar-refractivity contribution >= 4 is 21.8 Å². The van der Waals surface area contributed by atoms with Crippen LogP contribution < -0.4 is 0 Å². The van der Waals surface area contributed by atoms with Gasteiger partial charge in [0.15, 0.2) is 0 Å². The highest BCUT2D eigenvalue weighted by molar-refractivity contribution is 6.14. The maximum Gasteiger partial charge on any atom is 0.0629 e. The molecule has 0 atom stereocenters. The van der Waals surface area contributed by atoms with Crippen molar-refractivity contribution in [3.05, 3.63) is 126 Å². The van der Waals surface area contributed by atoms with Gasteiger partial charge in [-0.2, -0.15) is 0 Å². The summed E-state index contributed by atoms with van der Waals surface area (Å²) in [7, 11) is 0. The minimum atomic E-state index is -0.392. The zero-order chi connectivity index (χ0) is 31.7. The maximum atomic E-state index is 8.83. The Hall–Kier alpha value is -4.10. The number of hydrogen-bond donors (Lipinski definition) is 0. The third kappa shape index (κ3) is 4.36. The molecule has 5 aromatic carbocycles. The van der Waals surface area contributed by atoms with Crippen molar-refractivity contribution in [2.75, 3.05) is 0 Å². The van der Waals surface area contributed by atoms with Crippen molar-refractivity contribution in [2.24, 2.45) is 0 Å². The van der Waals surface area contributed by atoms with E-state index in [-0.39, 0.29) is 40.6 Å². The molecule has 0 aliphatic rings. The van der Waals surface area contributed by atoms with Gasteiger partial charge in [0, 0.05) is 16.3 Å². The Balaban J connectivity index is 1.75. The maximum absolute atomic E-state index is 8.83. The van der Waals surface area contributed by atoms with Gasteiger partial charge in [0.05, 0.1) is 23.6 Å². The molecule has 0 radical (unpaired) electrons. The van der Waals surface area contributed by atoms with Gasteiger partial charge in [0.25, 0.3) is 0 Å². The van der Waals surface area contributed by atoms with Crippen molar-refractivity contribution in [1.29, 1.82) is 0 Å². The van der Waals surface area contributed by atoms with Crippen molar-refractivity contribution in [2.45, 2.75) is 52.4 Å². The number of benzene rings is 5. The highest BCUT2D eigenvalue weighted by Crippen LogP contribution is 2.43. The lowest BCUT2D eigenvalue weighted by Crippen LogP contribution is -2.17. The smallest absolute Gasteiger partial charge is 0.0629 e. The van der Waals surface area contributed by atoms with Gasteiger partial charge >= 0.3 is 0 Å². The van der Waals surface area contributed by atoms with Crippen LogP contribution in [0.5, 0.6) is 0 Å². The number of aromatic nitrogens is 1. The third-order valence-corrected chi connectivity index (χ3v) is 7.56. The number of nitrogens with zero attached hydrogens (tertiary/aromatic N) is 1. The summed E-state index contributed by atoms with van der Waals surface area (Å²) < 4.78 is 44.8. The number of para-hydroxylation sites is 2. The van der Waals surface area contributed by atoms with Crippen molar-refractivity contribution < 1.29 is 6.85 Å². The van der Waals surface area contributed by atoms with Crippen molar-refractivity contribution in [3.8, 4) is 27.9 Å². The summed E-state index contributed by atoms with van der Waals surface area (Å²) in [6.45, 7) is 13.3.